The summed E-state index contributed by atoms with van der Waals surface area (Å²) in [5.74, 6) is 0.781. The van der Waals surface area contributed by atoms with E-state index in [1.54, 1.807) is 0 Å². The van der Waals surface area contributed by atoms with Crippen molar-refractivity contribution in [2.45, 2.75) is 117 Å². The molecule has 4 heteroatoms. The number of aryl methyl sites for hydroxylation is 1. The van der Waals surface area contributed by atoms with Gasteiger partial charge in [-0.25, -0.2) is 0 Å². The molecule has 1 atom stereocenters. The third-order valence-electron chi connectivity index (χ3n) is 5.40. The van der Waals surface area contributed by atoms with Crippen LogP contribution in [0.5, 0.6) is 5.75 Å². The summed E-state index contributed by atoms with van der Waals surface area (Å²) >= 11 is 0. The van der Waals surface area contributed by atoms with E-state index >= 15 is 0 Å². The van der Waals surface area contributed by atoms with Gasteiger partial charge in [-0.1, -0.05) is 116 Å². The Bertz CT molecular complexity index is 481. The van der Waals surface area contributed by atoms with Gasteiger partial charge in [-0.2, -0.15) is 0 Å². The summed E-state index contributed by atoms with van der Waals surface area (Å²) < 4.78 is 11.3. The van der Waals surface area contributed by atoms with E-state index in [1.165, 1.54) is 95.5 Å². The summed E-state index contributed by atoms with van der Waals surface area (Å²) in [4.78, 5) is 10.1. The summed E-state index contributed by atoms with van der Waals surface area (Å²) in [7, 11) is -1.83. The fourth-order valence-electron chi connectivity index (χ4n) is 3.56. The lowest BCUT2D eigenvalue weighted by Crippen LogP contribution is -1.98. The molecule has 0 saturated carbocycles. The molecule has 0 aliphatic heterocycles. The minimum absolute atomic E-state index is 0.580. The van der Waals surface area contributed by atoms with Crippen molar-refractivity contribution < 1.29 is 13.9 Å². The van der Waals surface area contributed by atoms with Crippen LogP contribution in [0.4, 0.5) is 0 Å². The van der Waals surface area contributed by atoms with Crippen molar-refractivity contribution in [1.29, 1.82) is 0 Å². The standard InChI is InChI=1S/C25H45O3P/c1-3-5-7-9-11-13-15-19-23-27-29(26)28-25-22-18-17-21-24(25)20-16-14-12-10-8-6-4-2/h17-18,21-22,26H,3-16,19-20,23H2,1-2H3. The van der Waals surface area contributed by atoms with Gasteiger partial charge >= 0.3 is 8.60 Å². The number of hydrogen-bond donors (Lipinski definition) is 1. The molecule has 0 spiro atoms. The third-order valence-corrected chi connectivity index (χ3v) is 6.15. The van der Waals surface area contributed by atoms with Crippen LogP contribution in [-0.4, -0.2) is 11.5 Å². The fourth-order valence-corrected chi connectivity index (χ4v) is 4.25. The lowest BCUT2D eigenvalue weighted by Gasteiger charge is -2.14. The van der Waals surface area contributed by atoms with Crippen LogP contribution >= 0.6 is 8.60 Å². The van der Waals surface area contributed by atoms with E-state index in [-0.39, 0.29) is 0 Å². The van der Waals surface area contributed by atoms with Crippen LogP contribution in [0.15, 0.2) is 24.3 Å². The summed E-state index contributed by atoms with van der Waals surface area (Å²) in [5.41, 5.74) is 1.18. The van der Waals surface area contributed by atoms with Crippen LogP contribution in [0.1, 0.15) is 116 Å². The zero-order valence-corrected chi connectivity index (χ0v) is 19.9. The van der Waals surface area contributed by atoms with Crippen LogP contribution < -0.4 is 4.52 Å². The number of para-hydroxylation sites is 1. The first-order chi connectivity index (χ1) is 14.3. The number of rotatable bonds is 20. The SMILES string of the molecule is CCCCCCCCCCOP(O)Oc1ccccc1CCCCCCCCC. The molecule has 0 saturated heterocycles. The zero-order valence-electron chi connectivity index (χ0n) is 19.0. The largest absolute Gasteiger partial charge is 0.427 e. The van der Waals surface area contributed by atoms with Crippen molar-refractivity contribution in [1.82, 2.24) is 0 Å². The second-order valence-corrected chi connectivity index (χ2v) is 9.03. The highest BCUT2D eigenvalue weighted by Gasteiger charge is 2.12. The first-order valence-electron chi connectivity index (χ1n) is 12.2. The predicted molar refractivity (Wildman–Crippen MR) is 126 cm³/mol. The number of benzene rings is 1. The smallest absolute Gasteiger partial charge is 0.394 e. The Balaban J connectivity index is 2.14. The normalized spacial score (nSPS) is 12.2. The van der Waals surface area contributed by atoms with Gasteiger partial charge in [0.15, 0.2) is 0 Å². The van der Waals surface area contributed by atoms with E-state index in [2.05, 4.69) is 19.9 Å². The zero-order chi connectivity index (χ0) is 21.0. The Morgan fingerprint density at radius 3 is 1.83 bits per heavy atom. The average molecular weight is 425 g/mol. The summed E-state index contributed by atoms with van der Waals surface area (Å²) in [5, 5.41) is 0. The van der Waals surface area contributed by atoms with E-state index in [4.69, 9.17) is 9.05 Å². The predicted octanol–water partition coefficient (Wildman–Crippen LogP) is 8.74. The van der Waals surface area contributed by atoms with Gasteiger partial charge in [-0.15, -0.1) is 0 Å². The van der Waals surface area contributed by atoms with Gasteiger partial charge in [0.25, 0.3) is 0 Å². The van der Waals surface area contributed by atoms with Gasteiger partial charge in [-0.3, -0.25) is 0 Å². The maximum absolute atomic E-state index is 10.1. The number of hydrogen-bond acceptors (Lipinski definition) is 3. The lowest BCUT2D eigenvalue weighted by atomic mass is 10.0. The van der Waals surface area contributed by atoms with E-state index < -0.39 is 8.60 Å². The van der Waals surface area contributed by atoms with Crippen LogP contribution in [0, 0.1) is 0 Å². The molecule has 0 aromatic heterocycles. The molecular formula is C25H45O3P. The number of unbranched alkanes of at least 4 members (excludes halogenated alkanes) is 13. The first kappa shape index (κ1) is 26.4. The van der Waals surface area contributed by atoms with Crippen molar-refractivity contribution in [3.63, 3.8) is 0 Å². The molecule has 168 valence electrons. The van der Waals surface area contributed by atoms with E-state index in [1.807, 2.05) is 18.2 Å². The summed E-state index contributed by atoms with van der Waals surface area (Å²) in [6, 6.07) is 8.06. The fraction of sp³-hybridized carbons (Fsp3) is 0.760. The van der Waals surface area contributed by atoms with E-state index in [0.717, 1.165) is 18.6 Å². The molecule has 1 aromatic rings. The third kappa shape index (κ3) is 14.9. The molecule has 0 amide bonds. The van der Waals surface area contributed by atoms with Crippen LogP contribution in [-0.2, 0) is 10.9 Å². The minimum Gasteiger partial charge on any atom is -0.427 e. The van der Waals surface area contributed by atoms with Gasteiger partial charge < -0.3 is 13.9 Å². The van der Waals surface area contributed by atoms with Gasteiger partial charge in [-0.05, 0) is 30.9 Å². The molecule has 1 rings (SSSR count). The molecule has 0 aliphatic carbocycles. The second kappa shape index (κ2) is 19.3. The molecule has 29 heavy (non-hydrogen) atoms. The topological polar surface area (TPSA) is 38.7 Å². The Morgan fingerprint density at radius 2 is 1.21 bits per heavy atom. The Hall–Kier alpha value is -0.630. The summed E-state index contributed by atoms with van der Waals surface area (Å²) in [6.07, 6.45) is 20.2. The van der Waals surface area contributed by atoms with Gasteiger partial charge in [0.05, 0.1) is 6.61 Å². The minimum atomic E-state index is -1.83. The van der Waals surface area contributed by atoms with E-state index in [0.29, 0.717) is 6.61 Å². The van der Waals surface area contributed by atoms with Crippen molar-refractivity contribution in [2.24, 2.45) is 0 Å². The van der Waals surface area contributed by atoms with Crippen LogP contribution in [0.25, 0.3) is 0 Å². The molecule has 0 bridgehead atoms. The first-order valence-corrected chi connectivity index (χ1v) is 13.3. The molecule has 0 aliphatic rings. The molecule has 0 heterocycles. The Labute approximate surface area is 181 Å². The van der Waals surface area contributed by atoms with Crippen molar-refractivity contribution >= 4 is 8.60 Å². The quantitative estimate of drug-likeness (QED) is 0.168. The maximum Gasteiger partial charge on any atom is 0.394 e. The monoisotopic (exact) mass is 424 g/mol. The maximum atomic E-state index is 10.1. The molecule has 0 radical (unpaired) electrons. The highest BCUT2D eigenvalue weighted by Crippen LogP contribution is 2.37. The Morgan fingerprint density at radius 1 is 0.690 bits per heavy atom. The van der Waals surface area contributed by atoms with Crippen LogP contribution in [0.2, 0.25) is 0 Å². The molecule has 1 aromatic carbocycles. The average Bonchev–Trinajstić information content (AvgIpc) is 2.73. The molecule has 0 fully saturated rings. The van der Waals surface area contributed by atoms with Gasteiger partial charge in [0, 0.05) is 0 Å². The second-order valence-electron chi connectivity index (χ2n) is 8.12. The van der Waals surface area contributed by atoms with Crippen LogP contribution in [0.3, 0.4) is 0 Å². The van der Waals surface area contributed by atoms with Crippen molar-refractivity contribution in [3.8, 4) is 5.75 Å². The summed E-state index contributed by atoms with van der Waals surface area (Å²) in [6.45, 7) is 5.09. The van der Waals surface area contributed by atoms with E-state index in [9.17, 15) is 4.89 Å². The van der Waals surface area contributed by atoms with Gasteiger partial charge in [0.1, 0.15) is 5.75 Å². The Kier molecular flexibility index (Phi) is 17.6. The lowest BCUT2D eigenvalue weighted by molar-refractivity contribution is 0.253. The molecule has 1 N–H and O–H groups in total. The molecular weight excluding hydrogens is 379 g/mol. The van der Waals surface area contributed by atoms with Crippen molar-refractivity contribution in [3.05, 3.63) is 29.8 Å². The highest BCUT2D eigenvalue weighted by molar-refractivity contribution is 7.41. The highest BCUT2D eigenvalue weighted by atomic mass is 31.2. The molecule has 1 unspecified atom stereocenters. The molecule has 3 nitrogen and oxygen atoms in total. The van der Waals surface area contributed by atoms with Gasteiger partial charge in [0.2, 0.25) is 0 Å². The van der Waals surface area contributed by atoms with Crippen molar-refractivity contribution in [2.75, 3.05) is 6.61 Å².